The minimum Gasteiger partial charge on any atom is -0.475 e. The number of likely N-dealkylation sites (tertiary alicyclic amines) is 2. The zero-order chi connectivity index (χ0) is 20.9. The molecule has 0 bridgehead atoms. The van der Waals surface area contributed by atoms with Crippen molar-refractivity contribution in [2.45, 2.75) is 36.9 Å². The molecule has 0 radical (unpaired) electrons. The van der Waals surface area contributed by atoms with Crippen molar-refractivity contribution in [1.29, 1.82) is 0 Å². The summed E-state index contributed by atoms with van der Waals surface area (Å²) in [5.74, 6) is -2.48. The summed E-state index contributed by atoms with van der Waals surface area (Å²) in [6, 6.07) is 10.2. The maximum absolute atomic E-state index is 12.7. The highest BCUT2D eigenvalue weighted by molar-refractivity contribution is 5.87. The summed E-state index contributed by atoms with van der Waals surface area (Å²) in [4.78, 5) is 25.8. The number of alkyl halides is 3. The van der Waals surface area contributed by atoms with Crippen LogP contribution in [0.15, 0.2) is 30.3 Å². The standard InChI is InChI=1S/C17H24N2O2.C2HF3O2/c1-18-16(21)15(14-5-3-2-4-6-14)13-17(18)7-9-19(10-8-17)11-12-20;3-2(4,5)1(6)7/h2-6,15,20H,7-13H2,1H3;(H,6,7). The lowest BCUT2D eigenvalue weighted by Gasteiger charge is -2.43. The molecular formula is C19H25F3N2O4. The SMILES string of the molecule is CN1C(=O)C(c2ccccc2)CC12CCN(CCO)CC2.O=C(O)C(F)(F)F. The molecular weight excluding hydrogens is 377 g/mol. The Morgan fingerprint density at radius 1 is 1.21 bits per heavy atom. The average molecular weight is 402 g/mol. The lowest BCUT2D eigenvalue weighted by Crippen LogP contribution is -2.51. The Bertz CT molecular complexity index is 674. The fourth-order valence-electron chi connectivity index (χ4n) is 3.89. The Morgan fingerprint density at radius 3 is 2.21 bits per heavy atom. The normalized spacial score (nSPS) is 22.1. The number of aliphatic hydroxyl groups excluding tert-OH is 1. The third-order valence-corrected chi connectivity index (χ3v) is 5.57. The van der Waals surface area contributed by atoms with Crippen molar-refractivity contribution < 1.29 is 33.0 Å². The molecule has 156 valence electrons. The first-order chi connectivity index (χ1) is 13.1. The van der Waals surface area contributed by atoms with Crippen molar-refractivity contribution in [1.82, 2.24) is 9.80 Å². The summed E-state index contributed by atoms with van der Waals surface area (Å²) in [5.41, 5.74) is 1.16. The van der Waals surface area contributed by atoms with Gasteiger partial charge in [0.1, 0.15) is 0 Å². The predicted octanol–water partition coefficient (Wildman–Crippen LogP) is 2.09. The van der Waals surface area contributed by atoms with Crippen molar-refractivity contribution >= 4 is 11.9 Å². The zero-order valence-electron chi connectivity index (χ0n) is 15.7. The summed E-state index contributed by atoms with van der Waals surface area (Å²) in [6.45, 7) is 2.91. The number of carbonyl (C=O) groups is 2. The number of carboxylic acids is 1. The summed E-state index contributed by atoms with van der Waals surface area (Å²) in [5, 5.41) is 16.2. The number of amides is 1. The molecule has 2 fully saturated rings. The van der Waals surface area contributed by atoms with Crippen LogP contribution < -0.4 is 0 Å². The largest absolute Gasteiger partial charge is 0.490 e. The molecule has 2 N–H and O–H groups in total. The van der Waals surface area contributed by atoms with E-state index < -0.39 is 12.1 Å². The first kappa shape index (κ1) is 22.2. The number of aliphatic hydroxyl groups is 1. The van der Waals surface area contributed by atoms with Gasteiger partial charge in [0.25, 0.3) is 0 Å². The van der Waals surface area contributed by atoms with Crippen molar-refractivity contribution in [3.63, 3.8) is 0 Å². The number of carboxylic acid groups (broad SMARTS) is 1. The van der Waals surface area contributed by atoms with E-state index in [2.05, 4.69) is 17.0 Å². The van der Waals surface area contributed by atoms with Crippen LogP contribution in [-0.4, -0.2) is 76.9 Å². The highest BCUT2D eigenvalue weighted by atomic mass is 19.4. The Balaban J connectivity index is 0.000000345. The number of nitrogens with zero attached hydrogens (tertiary/aromatic N) is 2. The Kier molecular flexibility index (Phi) is 7.06. The van der Waals surface area contributed by atoms with Gasteiger partial charge in [0.2, 0.25) is 5.91 Å². The fraction of sp³-hybridized carbons (Fsp3) is 0.579. The molecule has 1 spiro atoms. The van der Waals surface area contributed by atoms with Gasteiger partial charge >= 0.3 is 12.1 Å². The van der Waals surface area contributed by atoms with E-state index in [1.807, 2.05) is 30.1 Å². The summed E-state index contributed by atoms with van der Waals surface area (Å²) >= 11 is 0. The third kappa shape index (κ3) is 5.02. The summed E-state index contributed by atoms with van der Waals surface area (Å²) in [7, 11) is 1.97. The quantitative estimate of drug-likeness (QED) is 0.809. The number of β-amino-alcohol motifs (C(OH)–C–C–N with tert-alkyl or cyclic N) is 1. The van der Waals surface area contributed by atoms with Gasteiger partial charge in [-0.3, -0.25) is 4.79 Å². The monoisotopic (exact) mass is 402 g/mol. The number of benzene rings is 1. The van der Waals surface area contributed by atoms with E-state index in [0.717, 1.165) is 44.5 Å². The number of carbonyl (C=O) groups excluding carboxylic acids is 1. The average Bonchev–Trinajstić information content (AvgIpc) is 2.90. The molecule has 0 aliphatic carbocycles. The molecule has 2 aliphatic rings. The van der Waals surface area contributed by atoms with Gasteiger partial charge in [-0.2, -0.15) is 13.2 Å². The number of aliphatic carboxylic acids is 1. The van der Waals surface area contributed by atoms with Gasteiger partial charge in [-0.25, -0.2) is 4.79 Å². The number of hydrogen-bond acceptors (Lipinski definition) is 4. The Hall–Kier alpha value is -2.13. The van der Waals surface area contributed by atoms with E-state index in [-0.39, 0.29) is 24.0 Å². The van der Waals surface area contributed by atoms with Crippen LogP contribution in [0.25, 0.3) is 0 Å². The first-order valence-electron chi connectivity index (χ1n) is 9.07. The maximum atomic E-state index is 12.7. The minimum absolute atomic E-state index is 0.0144. The Labute approximate surface area is 161 Å². The van der Waals surface area contributed by atoms with E-state index >= 15 is 0 Å². The molecule has 3 rings (SSSR count). The minimum atomic E-state index is -5.08. The second-order valence-electron chi connectivity index (χ2n) is 7.16. The van der Waals surface area contributed by atoms with Gasteiger partial charge in [0, 0.05) is 32.2 Å². The van der Waals surface area contributed by atoms with E-state index in [4.69, 9.17) is 15.0 Å². The zero-order valence-corrected chi connectivity index (χ0v) is 15.7. The number of rotatable bonds is 3. The van der Waals surface area contributed by atoms with Gasteiger partial charge < -0.3 is 20.0 Å². The van der Waals surface area contributed by atoms with Crippen LogP contribution in [0.3, 0.4) is 0 Å². The molecule has 9 heteroatoms. The van der Waals surface area contributed by atoms with Crippen LogP contribution in [0.1, 0.15) is 30.7 Å². The Morgan fingerprint density at radius 2 is 1.75 bits per heavy atom. The number of likely N-dealkylation sites (N-methyl/N-ethyl adjacent to an activating group) is 1. The summed E-state index contributed by atoms with van der Waals surface area (Å²) in [6.07, 6.45) is -2.13. The molecule has 1 aromatic rings. The van der Waals surface area contributed by atoms with Crippen LogP contribution in [-0.2, 0) is 9.59 Å². The highest BCUT2D eigenvalue weighted by Crippen LogP contribution is 2.44. The molecule has 1 atom stereocenters. The van der Waals surface area contributed by atoms with Gasteiger partial charge in [-0.1, -0.05) is 30.3 Å². The molecule has 2 heterocycles. The van der Waals surface area contributed by atoms with Gasteiger partial charge in [0.15, 0.2) is 0 Å². The molecule has 28 heavy (non-hydrogen) atoms. The third-order valence-electron chi connectivity index (χ3n) is 5.57. The first-order valence-corrected chi connectivity index (χ1v) is 9.07. The van der Waals surface area contributed by atoms with Gasteiger partial charge in [-0.15, -0.1) is 0 Å². The number of hydrogen-bond donors (Lipinski definition) is 2. The summed E-state index contributed by atoms with van der Waals surface area (Å²) < 4.78 is 31.7. The number of halogens is 3. The fourth-order valence-corrected chi connectivity index (χ4v) is 3.89. The molecule has 2 saturated heterocycles. The topological polar surface area (TPSA) is 81.1 Å². The molecule has 1 aromatic carbocycles. The predicted molar refractivity (Wildman–Crippen MR) is 95.8 cm³/mol. The molecule has 0 aromatic heterocycles. The van der Waals surface area contributed by atoms with Crippen LogP contribution in [0.5, 0.6) is 0 Å². The molecule has 0 saturated carbocycles. The lowest BCUT2D eigenvalue weighted by molar-refractivity contribution is -0.192. The van der Waals surface area contributed by atoms with Crippen molar-refractivity contribution in [2.24, 2.45) is 0 Å². The van der Waals surface area contributed by atoms with E-state index in [0.29, 0.717) is 0 Å². The van der Waals surface area contributed by atoms with Crippen LogP contribution in [0.2, 0.25) is 0 Å². The second-order valence-corrected chi connectivity index (χ2v) is 7.16. The van der Waals surface area contributed by atoms with E-state index in [1.165, 1.54) is 0 Å². The molecule has 1 unspecified atom stereocenters. The van der Waals surface area contributed by atoms with Crippen LogP contribution >= 0.6 is 0 Å². The van der Waals surface area contributed by atoms with E-state index in [9.17, 15) is 18.0 Å². The van der Waals surface area contributed by atoms with Crippen LogP contribution in [0.4, 0.5) is 13.2 Å². The maximum Gasteiger partial charge on any atom is 0.490 e. The van der Waals surface area contributed by atoms with Crippen molar-refractivity contribution in [3.05, 3.63) is 35.9 Å². The highest BCUT2D eigenvalue weighted by Gasteiger charge is 2.50. The van der Waals surface area contributed by atoms with E-state index in [1.54, 1.807) is 0 Å². The molecule has 1 amide bonds. The number of piperidine rings is 1. The van der Waals surface area contributed by atoms with Crippen LogP contribution in [0, 0.1) is 0 Å². The smallest absolute Gasteiger partial charge is 0.475 e. The van der Waals surface area contributed by atoms with Gasteiger partial charge in [0.05, 0.1) is 12.5 Å². The second kappa shape index (κ2) is 8.91. The van der Waals surface area contributed by atoms with Gasteiger partial charge in [-0.05, 0) is 24.8 Å². The van der Waals surface area contributed by atoms with Crippen molar-refractivity contribution in [3.8, 4) is 0 Å². The lowest BCUT2D eigenvalue weighted by atomic mass is 9.81. The molecule has 6 nitrogen and oxygen atoms in total. The molecule has 2 aliphatic heterocycles. The van der Waals surface area contributed by atoms with Crippen molar-refractivity contribution in [2.75, 3.05) is 33.3 Å².